The van der Waals surface area contributed by atoms with Crippen LogP contribution in [0.15, 0.2) is 67.0 Å². The maximum Gasteiger partial charge on any atom is 0.251 e. The van der Waals surface area contributed by atoms with Gasteiger partial charge in [0.05, 0.1) is 66.8 Å². The number of nitrogen functional groups attached to an aromatic ring is 1. The molecule has 364 valence electrons. The lowest BCUT2D eigenvalue weighted by Crippen LogP contribution is -2.45. The predicted molar refractivity (Wildman–Crippen MR) is 266 cm³/mol. The summed E-state index contributed by atoms with van der Waals surface area (Å²) in [4.78, 5) is 41.0. The number of aromatic nitrogens is 4. The van der Waals surface area contributed by atoms with Gasteiger partial charge in [-0.1, -0.05) is 85.6 Å². The molecule has 2 amide bonds. The summed E-state index contributed by atoms with van der Waals surface area (Å²) in [7, 11) is 2.99. The van der Waals surface area contributed by atoms with Gasteiger partial charge in [0.2, 0.25) is 11.9 Å². The molecule has 3 aromatic carbocycles. The van der Waals surface area contributed by atoms with Gasteiger partial charge >= 0.3 is 0 Å². The molecule has 5 N–H and O–H groups in total. The van der Waals surface area contributed by atoms with Crippen molar-refractivity contribution in [2.45, 2.75) is 71.0 Å². The van der Waals surface area contributed by atoms with E-state index in [2.05, 4.69) is 48.8 Å². The molecule has 0 saturated carbocycles. The number of fused-ring (bicyclic) bond motifs is 1. The smallest absolute Gasteiger partial charge is 0.251 e. The zero-order valence-electron chi connectivity index (χ0n) is 39.4. The highest BCUT2D eigenvalue weighted by Crippen LogP contribution is 2.53. The Kier molecular flexibility index (Phi) is 15.6. The van der Waals surface area contributed by atoms with Crippen molar-refractivity contribution in [3.63, 3.8) is 0 Å². The number of aryl methyl sites for hydroxylation is 1. The summed E-state index contributed by atoms with van der Waals surface area (Å²) in [6.45, 7) is 10.3. The molecule has 0 bridgehead atoms. The van der Waals surface area contributed by atoms with E-state index in [0.717, 1.165) is 28.6 Å². The number of nitrogens with zero attached hydrogens (tertiary/aromatic N) is 5. The van der Waals surface area contributed by atoms with E-state index in [0.29, 0.717) is 23.1 Å². The number of benzene rings is 3. The van der Waals surface area contributed by atoms with Crippen LogP contribution >= 0.6 is 34.8 Å². The molecule has 1 aliphatic heterocycles. The van der Waals surface area contributed by atoms with Crippen LogP contribution < -0.4 is 31.2 Å². The third kappa shape index (κ3) is 10.5. The Morgan fingerprint density at radius 2 is 1.81 bits per heavy atom. The lowest BCUT2D eigenvalue weighted by Gasteiger charge is -2.37. The van der Waals surface area contributed by atoms with E-state index in [1.807, 2.05) is 39.2 Å². The van der Waals surface area contributed by atoms with Crippen LogP contribution in [0.3, 0.4) is 0 Å². The van der Waals surface area contributed by atoms with E-state index in [1.165, 1.54) is 55.6 Å². The van der Waals surface area contributed by atoms with Crippen LogP contribution in [0.5, 0.6) is 11.5 Å². The molecule has 1 aliphatic rings. The lowest BCUT2D eigenvalue weighted by atomic mass is 9.62. The molecule has 0 unspecified atom stereocenters. The van der Waals surface area contributed by atoms with Crippen LogP contribution in [0.25, 0.3) is 11.0 Å². The van der Waals surface area contributed by atoms with Crippen molar-refractivity contribution in [2.75, 3.05) is 45.0 Å². The number of hydrogen-bond acceptors (Lipinski definition) is 11. The van der Waals surface area contributed by atoms with Crippen LogP contribution in [0.1, 0.15) is 77.0 Å². The standard InChI is InChI=1S/C51H50Cl3F2N9O5/c1-27-23-60-37(28(2)44(27)69-7)25-65-24-30(40-45(54)63-49(58)64-46(40)65)10-9-18-70-19-17-59-47(66)29-13-16-36(38(20-29)68-6)61-48(67)43-41(32-11-8-12-34(53)42(32)56)51(26-57,39(62-43)22-50(3,4)5)33-15-14-31(52)21-35(33)55/h8,11-16,20-21,23-24,39,41,43,62H,17-19,22,25H2,1-7H3,(H,59,66)(H,61,67)(H2,58,63,64)/t39-,41-,43+,51-/m0/s1. The average molecular weight is 1010 g/mol. The molecule has 6 aromatic rings. The highest BCUT2D eigenvalue weighted by molar-refractivity contribution is 6.34. The third-order valence-corrected chi connectivity index (χ3v) is 12.9. The Morgan fingerprint density at radius 3 is 2.51 bits per heavy atom. The van der Waals surface area contributed by atoms with Crippen molar-refractivity contribution in [1.82, 2.24) is 30.2 Å². The van der Waals surface area contributed by atoms with Gasteiger partial charge < -0.3 is 40.5 Å². The molecule has 19 heteroatoms. The van der Waals surface area contributed by atoms with Gasteiger partial charge in [0.15, 0.2) is 0 Å². The van der Waals surface area contributed by atoms with Gasteiger partial charge in [0.1, 0.15) is 46.0 Å². The molecular weight excluding hydrogens is 963 g/mol. The van der Waals surface area contributed by atoms with Crippen molar-refractivity contribution in [2.24, 2.45) is 5.41 Å². The average Bonchev–Trinajstić information content (AvgIpc) is 3.82. The molecule has 4 heterocycles. The number of carbonyl (C=O) groups is 2. The number of halogens is 5. The van der Waals surface area contributed by atoms with Crippen molar-refractivity contribution in [3.8, 4) is 29.4 Å². The van der Waals surface area contributed by atoms with Gasteiger partial charge in [-0.15, -0.1) is 0 Å². The van der Waals surface area contributed by atoms with Gasteiger partial charge in [-0.2, -0.15) is 10.2 Å². The van der Waals surface area contributed by atoms with Gasteiger partial charge in [-0.3, -0.25) is 14.6 Å². The van der Waals surface area contributed by atoms with Crippen LogP contribution in [-0.2, 0) is 21.5 Å². The minimum atomic E-state index is -1.83. The van der Waals surface area contributed by atoms with Crippen molar-refractivity contribution < 1.29 is 32.6 Å². The minimum Gasteiger partial charge on any atom is -0.496 e. The molecule has 0 spiro atoms. The highest BCUT2D eigenvalue weighted by atomic mass is 35.5. The number of nitrogens with two attached hydrogens (primary N) is 1. The second-order valence-electron chi connectivity index (χ2n) is 18.0. The highest BCUT2D eigenvalue weighted by Gasteiger charge is 2.61. The first-order valence-corrected chi connectivity index (χ1v) is 23.2. The third-order valence-electron chi connectivity index (χ3n) is 12.1. The number of methoxy groups -OCH3 is 2. The quantitative estimate of drug-likeness (QED) is 0.0463. The number of carbonyl (C=O) groups excluding carboxylic acids is 2. The zero-order valence-corrected chi connectivity index (χ0v) is 41.6. The number of nitriles is 1. The number of anilines is 2. The molecule has 7 rings (SSSR count). The second kappa shape index (κ2) is 21.2. The fraction of sp³-hybridized carbons (Fsp3) is 0.333. The fourth-order valence-corrected chi connectivity index (χ4v) is 9.68. The van der Waals surface area contributed by atoms with E-state index in [1.54, 1.807) is 19.5 Å². The van der Waals surface area contributed by atoms with Crippen LogP contribution in [-0.4, -0.2) is 77.4 Å². The first-order chi connectivity index (χ1) is 33.3. The van der Waals surface area contributed by atoms with Crippen LogP contribution in [0.2, 0.25) is 15.2 Å². The first kappa shape index (κ1) is 51.3. The van der Waals surface area contributed by atoms with Gasteiger partial charge in [-0.05, 0) is 67.6 Å². The van der Waals surface area contributed by atoms with Crippen molar-refractivity contribution >= 4 is 69.3 Å². The topological polar surface area (TPSA) is 191 Å². The lowest BCUT2D eigenvalue weighted by molar-refractivity contribution is -0.118. The summed E-state index contributed by atoms with van der Waals surface area (Å²) < 4.78 is 51.0. The summed E-state index contributed by atoms with van der Waals surface area (Å²) >= 11 is 19.0. The molecular formula is C51H50Cl3F2N9O5. The molecule has 0 aliphatic carbocycles. The molecule has 1 saturated heterocycles. The zero-order chi connectivity index (χ0) is 50.7. The number of ether oxygens (including phenoxy) is 3. The van der Waals surface area contributed by atoms with E-state index in [9.17, 15) is 14.9 Å². The predicted octanol–water partition coefficient (Wildman–Crippen LogP) is 9.09. The summed E-state index contributed by atoms with van der Waals surface area (Å²) in [5.74, 6) is 2.91. The minimum absolute atomic E-state index is 0.0116. The maximum absolute atomic E-state index is 16.2. The number of rotatable bonds is 14. The second-order valence-corrected chi connectivity index (χ2v) is 19.2. The molecule has 70 heavy (non-hydrogen) atoms. The molecule has 14 nitrogen and oxygen atoms in total. The first-order valence-electron chi connectivity index (χ1n) is 22.0. The summed E-state index contributed by atoms with van der Waals surface area (Å²) in [6.07, 6.45) is 3.83. The van der Waals surface area contributed by atoms with Crippen molar-refractivity contribution in [3.05, 3.63) is 133 Å². The summed E-state index contributed by atoms with van der Waals surface area (Å²) in [6, 6.07) is 12.9. The fourth-order valence-electron chi connectivity index (χ4n) is 9.06. The van der Waals surface area contributed by atoms with Gasteiger partial charge in [0.25, 0.3) is 5.91 Å². The van der Waals surface area contributed by atoms with Gasteiger partial charge in [-0.25, -0.2) is 13.8 Å². The summed E-state index contributed by atoms with van der Waals surface area (Å²) in [5, 5.41) is 20.7. The van der Waals surface area contributed by atoms with Gasteiger partial charge in [0, 0.05) is 58.2 Å². The molecule has 1 fully saturated rings. The van der Waals surface area contributed by atoms with E-state index in [-0.39, 0.29) is 75.5 Å². The Labute approximate surface area is 419 Å². The largest absolute Gasteiger partial charge is 0.496 e. The maximum atomic E-state index is 16.2. The number of amides is 2. The Hall–Kier alpha value is -6.53. The molecule has 3 aromatic heterocycles. The molecule has 0 radical (unpaired) electrons. The number of hydrogen-bond donors (Lipinski definition) is 4. The summed E-state index contributed by atoms with van der Waals surface area (Å²) in [5.41, 5.74) is 7.60. The Balaban J connectivity index is 1.04. The monoisotopic (exact) mass is 1010 g/mol. The number of nitrogens with one attached hydrogen (secondary N) is 3. The van der Waals surface area contributed by atoms with E-state index >= 15 is 8.78 Å². The number of pyridine rings is 1. The molecule has 4 atom stereocenters. The van der Waals surface area contributed by atoms with Crippen LogP contribution in [0, 0.1) is 54.1 Å². The Bertz CT molecular complexity index is 3110. The normalized spacial score (nSPS) is 17.7. The van der Waals surface area contributed by atoms with Crippen molar-refractivity contribution in [1.29, 1.82) is 5.26 Å². The van der Waals surface area contributed by atoms with E-state index in [4.69, 9.17) is 54.7 Å². The van der Waals surface area contributed by atoms with E-state index < -0.39 is 52.3 Å². The Morgan fingerprint density at radius 1 is 1.04 bits per heavy atom. The SMILES string of the molecule is COc1cc(C(=O)NCCOCC#Cc2cn(Cc3ncc(C)c(OC)c3C)c3nc(N)nc(Cl)c23)ccc1NC(=O)[C@@H]1N[C@@H](CC(C)(C)C)[C@](C#N)(c2ccc(Cl)cc2F)[C@H]1c1cccc(Cl)c1F. The van der Waals surface area contributed by atoms with Crippen LogP contribution in [0.4, 0.5) is 20.4 Å².